The van der Waals surface area contributed by atoms with Crippen LogP contribution in [-0.2, 0) is 7.05 Å². The molecule has 3 nitrogen and oxygen atoms in total. The van der Waals surface area contributed by atoms with Crippen molar-refractivity contribution in [1.82, 2.24) is 9.78 Å². The molecule has 56 valence electrons. The van der Waals surface area contributed by atoms with Crippen molar-refractivity contribution in [3.8, 4) is 0 Å². The van der Waals surface area contributed by atoms with Gasteiger partial charge in [-0.15, -0.1) is 0 Å². The third-order valence-corrected chi connectivity index (χ3v) is 1.27. The van der Waals surface area contributed by atoms with Crippen LogP contribution in [0.15, 0.2) is 12.3 Å². The van der Waals surface area contributed by atoms with Crippen molar-refractivity contribution >= 4 is 5.82 Å². The van der Waals surface area contributed by atoms with Gasteiger partial charge in [0.2, 0.25) is 0 Å². The third-order valence-electron chi connectivity index (χ3n) is 1.27. The summed E-state index contributed by atoms with van der Waals surface area (Å²) >= 11 is 0. The molecule has 0 spiro atoms. The van der Waals surface area contributed by atoms with Crippen molar-refractivity contribution in [2.75, 3.05) is 11.9 Å². The molecule has 0 saturated carbocycles. The number of hydrogen-bond donors (Lipinski definition) is 1. The van der Waals surface area contributed by atoms with Gasteiger partial charge < -0.3 is 5.32 Å². The molecule has 1 rings (SSSR count). The summed E-state index contributed by atoms with van der Waals surface area (Å²) in [6.07, 6.45) is 3.06. The molecule has 0 saturated heterocycles. The van der Waals surface area contributed by atoms with Crippen molar-refractivity contribution in [2.24, 2.45) is 7.05 Å². The molecule has 3 heteroatoms. The molecular formula is C7H13N3. The second-order valence-electron chi connectivity index (χ2n) is 2.30. The predicted molar refractivity (Wildman–Crippen MR) is 42.0 cm³/mol. The monoisotopic (exact) mass is 139 g/mol. The van der Waals surface area contributed by atoms with E-state index in [4.69, 9.17) is 0 Å². The maximum Gasteiger partial charge on any atom is 0.147 e. The highest BCUT2D eigenvalue weighted by Gasteiger charge is 1.91. The zero-order valence-corrected chi connectivity index (χ0v) is 6.46. The normalized spacial score (nSPS) is 9.80. The van der Waals surface area contributed by atoms with Gasteiger partial charge in [-0.25, -0.2) is 0 Å². The van der Waals surface area contributed by atoms with Gasteiger partial charge in [0, 0.05) is 25.9 Å². The lowest BCUT2D eigenvalue weighted by Gasteiger charge is -1.96. The summed E-state index contributed by atoms with van der Waals surface area (Å²) in [7, 11) is 1.91. The Hall–Kier alpha value is -0.990. The van der Waals surface area contributed by atoms with Gasteiger partial charge in [-0.05, 0) is 6.42 Å². The number of hydrogen-bond acceptors (Lipinski definition) is 2. The molecule has 1 aromatic heterocycles. The van der Waals surface area contributed by atoms with Crippen LogP contribution in [-0.4, -0.2) is 16.3 Å². The topological polar surface area (TPSA) is 29.9 Å². The van der Waals surface area contributed by atoms with Gasteiger partial charge in [-0.2, -0.15) is 5.10 Å². The summed E-state index contributed by atoms with van der Waals surface area (Å²) in [6, 6.07) is 1.97. The first-order valence-corrected chi connectivity index (χ1v) is 3.56. The molecule has 0 atom stereocenters. The van der Waals surface area contributed by atoms with Crippen molar-refractivity contribution in [1.29, 1.82) is 0 Å². The summed E-state index contributed by atoms with van der Waals surface area (Å²) < 4.78 is 1.79. The molecule has 0 aliphatic rings. The summed E-state index contributed by atoms with van der Waals surface area (Å²) in [5, 5.41) is 7.34. The van der Waals surface area contributed by atoms with Crippen molar-refractivity contribution in [3.05, 3.63) is 12.3 Å². The highest BCUT2D eigenvalue weighted by atomic mass is 15.3. The van der Waals surface area contributed by atoms with Gasteiger partial charge >= 0.3 is 0 Å². The minimum atomic E-state index is 0.962. The van der Waals surface area contributed by atoms with Crippen LogP contribution in [0.5, 0.6) is 0 Å². The summed E-state index contributed by atoms with van der Waals surface area (Å²) in [4.78, 5) is 0. The van der Waals surface area contributed by atoms with Crippen LogP contribution in [0.4, 0.5) is 5.82 Å². The molecule has 0 fully saturated rings. The van der Waals surface area contributed by atoms with Crippen molar-refractivity contribution < 1.29 is 0 Å². The first-order valence-electron chi connectivity index (χ1n) is 3.56. The van der Waals surface area contributed by atoms with Crippen LogP contribution in [0.1, 0.15) is 13.3 Å². The quantitative estimate of drug-likeness (QED) is 0.682. The molecular weight excluding hydrogens is 126 g/mol. The second kappa shape index (κ2) is 3.25. The molecule has 1 N–H and O–H groups in total. The molecule has 0 amide bonds. The first-order chi connectivity index (χ1) is 4.83. The third kappa shape index (κ3) is 1.76. The van der Waals surface area contributed by atoms with E-state index >= 15 is 0 Å². The molecule has 0 unspecified atom stereocenters. The highest BCUT2D eigenvalue weighted by Crippen LogP contribution is 1.99. The predicted octanol–water partition coefficient (Wildman–Crippen LogP) is 1.24. The number of anilines is 1. The van der Waals surface area contributed by atoms with Crippen molar-refractivity contribution in [3.63, 3.8) is 0 Å². The van der Waals surface area contributed by atoms with E-state index in [-0.39, 0.29) is 0 Å². The van der Waals surface area contributed by atoms with Crippen LogP contribution in [0.2, 0.25) is 0 Å². The second-order valence-corrected chi connectivity index (χ2v) is 2.30. The molecule has 10 heavy (non-hydrogen) atoms. The number of nitrogens with zero attached hydrogens (tertiary/aromatic N) is 2. The van der Waals surface area contributed by atoms with Gasteiger partial charge in [-0.3, -0.25) is 4.68 Å². The highest BCUT2D eigenvalue weighted by molar-refractivity contribution is 5.31. The maximum atomic E-state index is 4.15. The Morgan fingerprint density at radius 3 is 3.00 bits per heavy atom. The van der Waals surface area contributed by atoms with E-state index in [1.807, 2.05) is 19.3 Å². The fourth-order valence-corrected chi connectivity index (χ4v) is 0.762. The lowest BCUT2D eigenvalue weighted by Crippen LogP contribution is -2.00. The molecule has 1 aromatic rings. The molecule has 0 radical (unpaired) electrons. The molecule has 0 aliphatic heterocycles. The Balaban J connectivity index is 2.42. The Labute approximate surface area is 61.0 Å². The largest absolute Gasteiger partial charge is 0.369 e. The maximum absolute atomic E-state index is 4.15. The minimum absolute atomic E-state index is 0.962. The molecule has 0 bridgehead atoms. The molecule has 1 heterocycles. The number of aromatic nitrogens is 2. The summed E-state index contributed by atoms with van der Waals surface area (Å²) in [6.45, 7) is 3.13. The van der Waals surface area contributed by atoms with E-state index in [0.29, 0.717) is 0 Å². The van der Waals surface area contributed by atoms with Crippen LogP contribution < -0.4 is 5.32 Å². The lowest BCUT2D eigenvalue weighted by molar-refractivity contribution is 0.767. The van der Waals surface area contributed by atoms with Crippen LogP contribution >= 0.6 is 0 Å². The zero-order chi connectivity index (χ0) is 7.40. The fraction of sp³-hybridized carbons (Fsp3) is 0.571. The summed E-state index contributed by atoms with van der Waals surface area (Å²) in [5.41, 5.74) is 0. The first kappa shape index (κ1) is 7.12. The van der Waals surface area contributed by atoms with Gasteiger partial charge in [0.05, 0.1) is 0 Å². The van der Waals surface area contributed by atoms with Gasteiger partial charge in [0.25, 0.3) is 0 Å². The molecule has 0 aromatic carbocycles. The van der Waals surface area contributed by atoms with Crippen LogP contribution in [0.25, 0.3) is 0 Å². The van der Waals surface area contributed by atoms with Gasteiger partial charge in [0.1, 0.15) is 5.82 Å². The Morgan fingerprint density at radius 1 is 1.70 bits per heavy atom. The fourth-order valence-electron chi connectivity index (χ4n) is 0.762. The number of rotatable bonds is 3. The summed E-state index contributed by atoms with van der Waals surface area (Å²) in [5.74, 6) is 0.962. The Kier molecular flexibility index (Phi) is 2.31. The average molecular weight is 139 g/mol. The van der Waals surface area contributed by atoms with E-state index in [1.165, 1.54) is 0 Å². The van der Waals surface area contributed by atoms with Crippen molar-refractivity contribution in [2.45, 2.75) is 13.3 Å². The van der Waals surface area contributed by atoms with E-state index in [0.717, 1.165) is 18.8 Å². The number of nitrogens with one attached hydrogen (secondary N) is 1. The minimum Gasteiger partial charge on any atom is -0.369 e. The van der Waals surface area contributed by atoms with Crippen LogP contribution in [0, 0.1) is 0 Å². The number of aryl methyl sites for hydroxylation is 1. The smallest absolute Gasteiger partial charge is 0.147 e. The standard InChI is InChI=1S/C7H13N3/c1-3-5-8-7-4-6-10(2)9-7/h4,6H,3,5H2,1-2H3,(H,8,9). The van der Waals surface area contributed by atoms with E-state index in [2.05, 4.69) is 17.3 Å². The average Bonchev–Trinajstić information content (AvgIpc) is 2.31. The zero-order valence-electron chi connectivity index (χ0n) is 6.46. The lowest BCUT2D eigenvalue weighted by atomic mass is 10.5. The van der Waals surface area contributed by atoms with E-state index in [1.54, 1.807) is 4.68 Å². The SMILES string of the molecule is CCCNc1ccn(C)n1. The van der Waals surface area contributed by atoms with Gasteiger partial charge in [-0.1, -0.05) is 6.92 Å². The molecule has 0 aliphatic carbocycles. The Morgan fingerprint density at radius 2 is 2.50 bits per heavy atom. The van der Waals surface area contributed by atoms with E-state index in [9.17, 15) is 0 Å². The Bertz CT molecular complexity index is 192. The van der Waals surface area contributed by atoms with Gasteiger partial charge in [0.15, 0.2) is 0 Å². The van der Waals surface area contributed by atoms with E-state index < -0.39 is 0 Å². The van der Waals surface area contributed by atoms with Crippen LogP contribution in [0.3, 0.4) is 0 Å².